The Hall–Kier alpha value is -3.42. The summed E-state index contributed by atoms with van der Waals surface area (Å²) in [4.78, 5) is 13.4. The molecular weight excluding hydrogens is 498 g/mol. The lowest BCUT2D eigenvalue weighted by Crippen LogP contribution is -2.45. The lowest BCUT2D eigenvalue weighted by Gasteiger charge is -2.39. The second kappa shape index (κ2) is 10.0. The highest BCUT2D eigenvalue weighted by Crippen LogP contribution is 2.51. The number of benzene rings is 3. The van der Waals surface area contributed by atoms with E-state index in [1.54, 1.807) is 42.5 Å². The Morgan fingerprint density at radius 2 is 1.76 bits per heavy atom. The van der Waals surface area contributed by atoms with Gasteiger partial charge in [-0.05, 0) is 84.7 Å². The van der Waals surface area contributed by atoms with Gasteiger partial charge in [0.1, 0.15) is 5.76 Å². The second-order valence-corrected chi connectivity index (χ2v) is 12.3. The van der Waals surface area contributed by atoms with Crippen molar-refractivity contribution in [3.63, 3.8) is 0 Å². The molecule has 0 amide bonds. The van der Waals surface area contributed by atoms with Crippen molar-refractivity contribution in [1.82, 2.24) is 0 Å². The van der Waals surface area contributed by atoms with Crippen LogP contribution in [0.5, 0.6) is 0 Å². The normalized spacial score (nSPS) is 24.5. The molecule has 3 aromatic carbocycles. The Labute approximate surface area is 223 Å². The van der Waals surface area contributed by atoms with Gasteiger partial charge in [-0.3, -0.25) is 9.52 Å². The van der Waals surface area contributed by atoms with E-state index in [0.29, 0.717) is 11.4 Å². The fourth-order valence-corrected chi connectivity index (χ4v) is 7.03. The van der Waals surface area contributed by atoms with Crippen LogP contribution in [0.4, 0.5) is 5.69 Å². The number of sulfonamides is 1. The van der Waals surface area contributed by atoms with E-state index in [-0.39, 0.29) is 22.6 Å². The van der Waals surface area contributed by atoms with Gasteiger partial charge in [0.2, 0.25) is 0 Å². The molecule has 0 aromatic heterocycles. The van der Waals surface area contributed by atoms with Gasteiger partial charge in [0.15, 0.2) is 0 Å². The number of rotatable bonds is 6. The van der Waals surface area contributed by atoms with E-state index in [0.717, 1.165) is 48.4 Å². The molecule has 196 valence electrons. The largest absolute Gasteiger partial charge is 0.430 e. The van der Waals surface area contributed by atoms with Crippen LogP contribution in [-0.4, -0.2) is 25.6 Å². The highest BCUT2D eigenvalue weighted by Gasteiger charge is 2.50. The summed E-state index contributed by atoms with van der Waals surface area (Å²) >= 11 is 0. The SMILES string of the molecule is O=C1OC2=CC=CCCCC2C(O)C1C(c1cccc(NS(=O)(=O)c2ccc3ccccc3c2)c1)C1CC1. The van der Waals surface area contributed by atoms with Gasteiger partial charge in [0.25, 0.3) is 10.0 Å². The molecule has 38 heavy (non-hydrogen) atoms. The minimum atomic E-state index is -3.83. The molecule has 3 aromatic rings. The number of anilines is 1. The molecule has 6 rings (SSSR count). The van der Waals surface area contributed by atoms with Crippen molar-refractivity contribution >= 4 is 32.5 Å². The summed E-state index contributed by atoms with van der Waals surface area (Å²) in [7, 11) is -3.83. The van der Waals surface area contributed by atoms with Crippen LogP contribution < -0.4 is 4.72 Å². The minimum Gasteiger partial charge on any atom is -0.430 e. The molecule has 2 fully saturated rings. The van der Waals surface area contributed by atoms with Gasteiger partial charge in [0, 0.05) is 17.5 Å². The lowest BCUT2D eigenvalue weighted by atomic mass is 9.72. The zero-order chi connectivity index (χ0) is 26.3. The number of carbonyl (C=O) groups excluding carboxylic acids is 1. The summed E-state index contributed by atoms with van der Waals surface area (Å²) in [5, 5.41) is 13.3. The van der Waals surface area contributed by atoms with Crippen LogP contribution in [0, 0.1) is 17.8 Å². The molecule has 1 saturated heterocycles. The molecular formula is C31H31NO5S. The first-order chi connectivity index (χ1) is 18.4. The van der Waals surface area contributed by atoms with Crippen LogP contribution in [0.25, 0.3) is 10.8 Å². The number of esters is 1. The zero-order valence-corrected chi connectivity index (χ0v) is 21.8. The van der Waals surface area contributed by atoms with Crippen molar-refractivity contribution in [3.05, 3.63) is 96.3 Å². The predicted octanol–water partition coefficient (Wildman–Crippen LogP) is 5.91. The Morgan fingerprint density at radius 1 is 0.947 bits per heavy atom. The van der Waals surface area contributed by atoms with Gasteiger partial charge >= 0.3 is 5.97 Å². The molecule has 2 N–H and O–H groups in total. The first kappa shape index (κ1) is 24.9. The summed E-state index contributed by atoms with van der Waals surface area (Å²) in [5.41, 5.74) is 1.27. The monoisotopic (exact) mass is 529 g/mol. The van der Waals surface area contributed by atoms with Gasteiger partial charge in [-0.2, -0.15) is 0 Å². The number of nitrogens with one attached hydrogen (secondary N) is 1. The van der Waals surface area contributed by atoms with Gasteiger partial charge in [0.05, 0.1) is 16.9 Å². The van der Waals surface area contributed by atoms with Crippen LogP contribution in [0.15, 0.2) is 95.6 Å². The number of hydrogen-bond donors (Lipinski definition) is 2. The average Bonchev–Trinajstić information content (AvgIpc) is 3.72. The van der Waals surface area contributed by atoms with Crippen molar-refractivity contribution in [1.29, 1.82) is 0 Å². The molecule has 4 unspecified atom stereocenters. The van der Waals surface area contributed by atoms with Crippen molar-refractivity contribution in [2.75, 3.05) is 4.72 Å². The van der Waals surface area contributed by atoms with E-state index >= 15 is 0 Å². The first-order valence-corrected chi connectivity index (χ1v) is 14.8. The van der Waals surface area contributed by atoms with Crippen LogP contribution >= 0.6 is 0 Å². The van der Waals surface area contributed by atoms with Crippen molar-refractivity contribution in [2.45, 2.75) is 49.0 Å². The quantitative estimate of drug-likeness (QED) is 0.388. The van der Waals surface area contributed by atoms with Crippen molar-refractivity contribution in [2.24, 2.45) is 17.8 Å². The highest BCUT2D eigenvalue weighted by molar-refractivity contribution is 7.92. The minimum absolute atomic E-state index is 0.185. The Kier molecular flexibility index (Phi) is 6.58. The van der Waals surface area contributed by atoms with Crippen molar-refractivity contribution in [3.8, 4) is 0 Å². The van der Waals surface area contributed by atoms with Crippen LogP contribution in [0.3, 0.4) is 0 Å². The molecule has 0 bridgehead atoms. The Morgan fingerprint density at radius 3 is 2.58 bits per heavy atom. The first-order valence-electron chi connectivity index (χ1n) is 13.3. The van der Waals surface area contributed by atoms with Gasteiger partial charge in [-0.25, -0.2) is 8.42 Å². The molecule has 2 aliphatic carbocycles. The second-order valence-electron chi connectivity index (χ2n) is 10.6. The molecule has 4 atom stereocenters. The number of hydrogen-bond acceptors (Lipinski definition) is 5. The van der Waals surface area contributed by atoms with Crippen LogP contribution in [0.2, 0.25) is 0 Å². The number of aliphatic hydroxyl groups is 1. The zero-order valence-electron chi connectivity index (χ0n) is 21.0. The third kappa shape index (κ3) is 4.88. The molecule has 0 radical (unpaired) electrons. The standard InChI is InChI=1S/C31H31NO5S/c33-30-26-12-3-1-2-4-13-27(26)37-31(34)29(30)28(21-14-15-21)23-10-7-11-24(18-23)32-38(35,36)25-17-16-20-8-5-6-9-22(20)19-25/h2,4-11,13,16-19,21,26,28-30,32-33H,1,3,12,14-15H2. The summed E-state index contributed by atoms with van der Waals surface area (Å²) in [6.45, 7) is 0. The van der Waals surface area contributed by atoms with E-state index in [1.165, 1.54) is 0 Å². The average molecular weight is 530 g/mol. The van der Waals surface area contributed by atoms with Gasteiger partial charge in [-0.1, -0.05) is 54.6 Å². The predicted molar refractivity (Wildman–Crippen MR) is 147 cm³/mol. The number of carbonyl (C=O) groups is 1. The molecule has 7 heteroatoms. The molecule has 1 aliphatic heterocycles. The fraction of sp³-hybridized carbons (Fsp3) is 0.323. The van der Waals surface area contributed by atoms with E-state index in [1.807, 2.05) is 42.5 Å². The van der Waals surface area contributed by atoms with Gasteiger partial charge < -0.3 is 9.84 Å². The third-order valence-corrected chi connectivity index (χ3v) is 9.37. The maximum absolute atomic E-state index is 13.3. The van der Waals surface area contributed by atoms with E-state index < -0.39 is 28.0 Å². The number of aliphatic hydroxyl groups excluding tert-OH is 1. The van der Waals surface area contributed by atoms with Crippen LogP contribution in [-0.2, 0) is 19.6 Å². The molecule has 1 saturated carbocycles. The summed E-state index contributed by atoms with van der Waals surface area (Å²) in [6, 6.07) is 19.9. The smallest absolute Gasteiger partial charge is 0.317 e. The van der Waals surface area contributed by atoms with Crippen molar-refractivity contribution < 1.29 is 23.1 Å². The number of ether oxygens (including phenoxy) is 1. The van der Waals surface area contributed by atoms with E-state index in [9.17, 15) is 18.3 Å². The molecule has 6 nitrogen and oxygen atoms in total. The maximum atomic E-state index is 13.3. The molecule has 3 aliphatic rings. The fourth-order valence-electron chi connectivity index (χ4n) is 5.95. The van der Waals surface area contributed by atoms with Gasteiger partial charge in [-0.15, -0.1) is 0 Å². The Bertz CT molecular complexity index is 1540. The topological polar surface area (TPSA) is 92.7 Å². The molecule has 0 spiro atoms. The summed E-state index contributed by atoms with van der Waals surface area (Å²) < 4.78 is 35.0. The van der Waals surface area contributed by atoms with E-state index in [2.05, 4.69) is 4.72 Å². The third-order valence-electron chi connectivity index (χ3n) is 7.99. The van der Waals surface area contributed by atoms with E-state index in [4.69, 9.17) is 4.74 Å². The summed E-state index contributed by atoms with van der Waals surface area (Å²) in [6.07, 6.45) is 9.42. The molecule has 1 heterocycles. The van der Waals surface area contributed by atoms with Crippen LogP contribution in [0.1, 0.15) is 43.6 Å². The highest BCUT2D eigenvalue weighted by atomic mass is 32.2. The number of fused-ring (bicyclic) bond motifs is 2. The number of allylic oxidation sites excluding steroid dienone is 3. The summed E-state index contributed by atoms with van der Waals surface area (Å²) in [5.74, 6) is -0.785. The lowest BCUT2D eigenvalue weighted by molar-refractivity contribution is -0.160. The Balaban J connectivity index is 1.29. The maximum Gasteiger partial charge on any atom is 0.317 e.